The van der Waals surface area contributed by atoms with Crippen molar-refractivity contribution in [3.8, 4) is 6.07 Å². The number of carbonyl (C=O) groups is 2. The highest BCUT2D eigenvalue weighted by molar-refractivity contribution is 6.27. The fourth-order valence-corrected chi connectivity index (χ4v) is 0.995. The van der Waals surface area contributed by atoms with Crippen LogP contribution >= 0.6 is 11.6 Å². The van der Waals surface area contributed by atoms with Crippen LogP contribution in [0.3, 0.4) is 0 Å². The van der Waals surface area contributed by atoms with Gasteiger partial charge >= 0.3 is 0 Å². The van der Waals surface area contributed by atoms with Crippen LogP contribution in [0, 0.1) is 11.3 Å². The standard InChI is InChI=1S/C10H8ClN3O2/c11-5-9(15)13-14-10(16)8-3-1-7(6-12)2-4-8/h1-4H,5H2,(H,13,15)(H,14,16). The average molecular weight is 238 g/mol. The highest BCUT2D eigenvalue weighted by Crippen LogP contribution is 2.02. The van der Waals surface area contributed by atoms with Gasteiger partial charge in [-0.05, 0) is 24.3 Å². The third-order valence-corrected chi connectivity index (χ3v) is 1.96. The van der Waals surface area contributed by atoms with Crippen LogP contribution in [0.2, 0.25) is 0 Å². The number of hydrogen-bond acceptors (Lipinski definition) is 3. The molecule has 16 heavy (non-hydrogen) atoms. The molecule has 0 aromatic heterocycles. The van der Waals surface area contributed by atoms with E-state index in [1.807, 2.05) is 6.07 Å². The Labute approximate surface area is 97.0 Å². The monoisotopic (exact) mass is 237 g/mol. The van der Waals surface area contributed by atoms with Crippen molar-refractivity contribution in [1.82, 2.24) is 10.9 Å². The number of alkyl halides is 1. The topological polar surface area (TPSA) is 82.0 Å². The first-order chi connectivity index (χ1) is 7.67. The lowest BCUT2D eigenvalue weighted by Gasteiger charge is -2.05. The number of nitrogens with one attached hydrogen (secondary N) is 2. The van der Waals surface area contributed by atoms with Crippen LogP contribution < -0.4 is 10.9 Å². The normalized spacial score (nSPS) is 9.00. The minimum absolute atomic E-state index is 0.229. The summed E-state index contributed by atoms with van der Waals surface area (Å²) in [6.45, 7) is 0. The van der Waals surface area contributed by atoms with Gasteiger partial charge in [0.2, 0.25) is 0 Å². The molecule has 6 heteroatoms. The summed E-state index contributed by atoms with van der Waals surface area (Å²) in [5.74, 6) is -1.19. The minimum atomic E-state index is -0.497. The van der Waals surface area contributed by atoms with Gasteiger partial charge in [-0.2, -0.15) is 5.26 Å². The largest absolute Gasteiger partial charge is 0.272 e. The van der Waals surface area contributed by atoms with Gasteiger partial charge < -0.3 is 0 Å². The molecule has 1 aromatic carbocycles. The van der Waals surface area contributed by atoms with Crippen LogP contribution in [0.1, 0.15) is 15.9 Å². The van der Waals surface area contributed by atoms with Gasteiger partial charge in [0.15, 0.2) is 0 Å². The van der Waals surface area contributed by atoms with Crippen LogP contribution in [-0.4, -0.2) is 17.7 Å². The summed E-state index contributed by atoms with van der Waals surface area (Å²) >= 11 is 5.22. The van der Waals surface area contributed by atoms with E-state index in [0.717, 1.165) is 0 Å². The molecule has 0 aliphatic heterocycles. The molecule has 1 aromatic rings. The number of nitrogens with zero attached hydrogens (tertiary/aromatic N) is 1. The zero-order valence-corrected chi connectivity index (χ0v) is 8.91. The van der Waals surface area contributed by atoms with E-state index >= 15 is 0 Å². The van der Waals surface area contributed by atoms with E-state index in [2.05, 4.69) is 10.9 Å². The molecule has 0 fully saturated rings. The van der Waals surface area contributed by atoms with E-state index < -0.39 is 11.8 Å². The fourth-order valence-electron chi connectivity index (χ4n) is 0.928. The lowest BCUT2D eigenvalue weighted by molar-refractivity contribution is -0.119. The molecule has 0 atom stereocenters. The molecule has 2 amide bonds. The molecular weight excluding hydrogens is 230 g/mol. The van der Waals surface area contributed by atoms with Gasteiger partial charge in [-0.25, -0.2) is 0 Å². The third kappa shape index (κ3) is 3.26. The summed E-state index contributed by atoms with van der Waals surface area (Å²) in [7, 11) is 0. The zero-order valence-electron chi connectivity index (χ0n) is 8.16. The first-order valence-electron chi connectivity index (χ1n) is 4.32. The SMILES string of the molecule is N#Cc1ccc(C(=O)NNC(=O)CCl)cc1. The van der Waals surface area contributed by atoms with Gasteiger partial charge in [0.25, 0.3) is 11.8 Å². The Balaban J connectivity index is 2.60. The number of nitriles is 1. The Bertz CT molecular complexity index is 436. The highest BCUT2D eigenvalue weighted by atomic mass is 35.5. The molecule has 1 rings (SSSR count). The van der Waals surface area contributed by atoms with Crippen molar-refractivity contribution in [2.45, 2.75) is 0 Å². The highest BCUT2D eigenvalue weighted by Gasteiger charge is 2.06. The van der Waals surface area contributed by atoms with E-state index in [1.165, 1.54) is 24.3 Å². The predicted octanol–water partition coefficient (Wildman–Crippen LogP) is 0.558. The summed E-state index contributed by atoms with van der Waals surface area (Å²) in [5.41, 5.74) is 5.11. The molecule has 0 unspecified atom stereocenters. The Morgan fingerprint density at radius 3 is 2.38 bits per heavy atom. The third-order valence-electron chi connectivity index (χ3n) is 1.71. The molecule has 82 valence electrons. The van der Waals surface area contributed by atoms with E-state index in [-0.39, 0.29) is 5.88 Å². The molecule has 0 heterocycles. The lowest BCUT2D eigenvalue weighted by atomic mass is 10.1. The molecule has 0 bridgehead atoms. The fraction of sp³-hybridized carbons (Fsp3) is 0.100. The van der Waals surface area contributed by atoms with Crippen LogP contribution in [0.5, 0.6) is 0 Å². The van der Waals surface area contributed by atoms with Crippen LogP contribution in [0.4, 0.5) is 0 Å². The van der Waals surface area contributed by atoms with E-state index in [0.29, 0.717) is 11.1 Å². The maximum Gasteiger partial charge on any atom is 0.269 e. The quantitative estimate of drug-likeness (QED) is 0.582. The van der Waals surface area contributed by atoms with Crippen molar-refractivity contribution in [2.75, 3.05) is 5.88 Å². The van der Waals surface area contributed by atoms with Crippen molar-refractivity contribution in [2.24, 2.45) is 0 Å². The van der Waals surface area contributed by atoms with Gasteiger partial charge in [-0.1, -0.05) is 0 Å². The second-order valence-corrected chi connectivity index (χ2v) is 3.09. The van der Waals surface area contributed by atoms with Gasteiger partial charge in [0.05, 0.1) is 11.6 Å². The molecule has 0 spiro atoms. The van der Waals surface area contributed by atoms with Crippen LogP contribution in [0.15, 0.2) is 24.3 Å². The summed E-state index contributed by atoms with van der Waals surface area (Å²) in [4.78, 5) is 22.2. The molecule has 0 aliphatic carbocycles. The smallest absolute Gasteiger partial charge is 0.269 e. The Morgan fingerprint density at radius 1 is 1.25 bits per heavy atom. The number of rotatable bonds is 2. The lowest BCUT2D eigenvalue weighted by Crippen LogP contribution is -2.42. The number of halogens is 1. The maximum absolute atomic E-state index is 11.4. The average Bonchev–Trinajstić information content (AvgIpc) is 2.35. The molecular formula is C10H8ClN3O2. The number of amides is 2. The minimum Gasteiger partial charge on any atom is -0.272 e. The number of benzene rings is 1. The second kappa shape index (κ2) is 5.73. The Morgan fingerprint density at radius 2 is 1.88 bits per heavy atom. The molecule has 0 aliphatic rings. The summed E-state index contributed by atoms with van der Waals surface area (Å²) in [6.07, 6.45) is 0. The van der Waals surface area contributed by atoms with Crippen LogP contribution in [0.25, 0.3) is 0 Å². The van der Waals surface area contributed by atoms with Gasteiger partial charge in [-0.3, -0.25) is 20.4 Å². The Kier molecular flexibility index (Phi) is 4.30. The molecule has 5 nitrogen and oxygen atoms in total. The van der Waals surface area contributed by atoms with E-state index in [1.54, 1.807) is 0 Å². The number of carbonyl (C=O) groups excluding carboxylic acids is 2. The van der Waals surface area contributed by atoms with E-state index in [4.69, 9.17) is 16.9 Å². The number of hydrazine groups is 1. The maximum atomic E-state index is 11.4. The van der Waals surface area contributed by atoms with Crippen LogP contribution in [-0.2, 0) is 4.79 Å². The van der Waals surface area contributed by atoms with Gasteiger partial charge in [0, 0.05) is 5.56 Å². The summed E-state index contributed by atoms with van der Waals surface area (Å²) in [5, 5.41) is 8.55. The Hall–Kier alpha value is -2.06. The predicted molar refractivity (Wildman–Crippen MR) is 57.5 cm³/mol. The first kappa shape index (κ1) is 12.0. The van der Waals surface area contributed by atoms with Crippen molar-refractivity contribution in [3.05, 3.63) is 35.4 Å². The van der Waals surface area contributed by atoms with Crippen molar-refractivity contribution in [1.29, 1.82) is 5.26 Å². The van der Waals surface area contributed by atoms with Crippen molar-refractivity contribution in [3.63, 3.8) is 0 Å². The second-order valence-electron chi connectivity index (χ2n) is 2.83. The van der Waals surface area contributed by atoms with Crippen molar-refractivity contribution < 1.29 is 9.59 Å². The molecule has 0 radical (unpaired) electrons. The summed E-state index contributed by atoms with van der Waals surface area (Å²) < 4.78 is 0. The van der Waals surface area contributed by atoms with Gasteiger partial charge in [-0.15, -0.1) is 11.6 Å². The van der Waals surface area contributed by atoms with E-state index in [9.17, 15) is 9.59 Å². The molecule has 0 saturated carbocycles. The molecule has 0 saturated heterocycles. The van der Waals surface area contributed by atoms with Crippen molar-refractivity contribution >= 4 is 23.4 Å². The summed E-state index contributed by atoms with van der Waals surface area (Å²) in [6, 6.07) is 7.93. The first-order valence-corrected chi connectivity index (χ1v) is 4.86. The zero-order chi connectivity index (χ0) is 12.0. The molecule has 2 N–H and O–H groups in total. The van der Waals surface area contributed by atoms with Gasteiger partial charge in [0.1, 0.15) is 5.88 Å². The number of hydrogen-bond donors (Lipinski definition) is 2.